The predicted octanol–water partition coefficient (Wildman–Crippen LogP) is 4.69. The second kappa shape index (κ2) is 8.08. The molecule has 3 rings (SSSR count). The fraction of sp³-hybridized carbons (Fsp3) is 0.0588. The molecule has 0 saturated carbocycles. The summed E-state index contributed by atoms with van der Waals surface area (Å²) >= 11 is 1.71. The van der Waals surface area contributed by atoms with Crippen LogP contribution < -0.4 is 0 Å². The Morgan fingerprint density at radius 3 is 2.71 bits per heavy atom. The molecule has 107 valence electrons. The average Bonchev–Trinajstić information content (AvgIpc) is 3.02. The molecule has 0 amide bonds. The van der Waals surface area contributed by atoms with Crippen molar-refractivity contribution in [2.24, 2.45) is 0 Å². The zero-order valence-corrected chi connectivity index (χ0v) is 13.8. The largest absolute Gasteiger partial charge is 3.00 e. The van der Waals surface area contributed by atoms with E-state index in [2.05, 4.69) is 34.8 Å². The van der Waals surface area contributed by atoms with E-state index in [1.165, 1.54) is 4.91 Å². The van der Waals surface area contributed by atoms with Crippen molar-refractivity contribution >= 4 is 17.5 Å². The minimum absolute atomic E-state index is 0. The standard InChI is InChI=1S/C16H12N2S.CH3.Fe/c1-19-13-10-15(12-6-2-3-7-12)18-16(11-13)14-8-4-5-9-17-14;;/h2-6,8-11H,1H3;1H3;/q-2;-1;+3. The van der Waals surface area contributed by atoms with Gasteiger partial charge in [0.25, 0.3) is 0 Å². The van der Waals surface area contributed by atoms with Crippen molar-refractivity contribution in [3.63, 3.8) is 0 Å². The molecule has 2 heterocycles. The molecule has 2 nitrogen and oxygen atoms in total. The van der Waals surface area contributed by atoms with Crippen LogP contribution in [0.15, 0.2) is 71.0 Å². The van der Waals surface area contributed by atoms with Crippen LogP contribution in [0.5, 0.6) is 0 Å². The van der Waals surface area contributed by atoms with E-state index in [0.717, 1.165) is 22.7 Å². The predicted molar refractivity (Wildman–Crippen MR) is 87.6 cm³/mol. The number of hydrogen-bond donors (Lipinski definition) is 0. The van der Waals surface area contributed by atoms with Gasteiger partial charge in [-0.1, -0.05) is 12.1 Å². The summed E-state index contributed by atoms with van der Waals surface area (Å²) in [5.41, 5.74) is 3.76. The maximum Gasteiger partial charge on any atom is 3.00 e. The van der Waals surface area contributed by atoms with Crippen molar-refractivity contribution in [3.8, 4) is 0 Å². The summed E-state index contributed by atoms with van der Waals surface area (Å²) in [6.45, 7) is 0. The van der Waals surface area contributed by atoms with Gasteiger partial charge in [0.15, 0.2) is 0 Å². The van der Waals surface area contributed by atoms with Gasteiger partial charge in [0.2, 0.25) is 0 Å². The SMILES string of the molecule is CSC1=CC(=C2[C-]=CC=C2)[N-]C(c2ccccn2)=C1.[CH3-].[Fe+3]. The number of hydrogen-bond acceptors (Lipinski definition) is 2. The van der Waals surface area contributed by atoms with E-state index in [1.807, 2.05) is 36.4 Å². The quantitative estimate of drug-likeness (QED) is 0.579. The monoisotopic (exact) mass is 335 g/mol. The van der Waals surface area contributed by atoms with Gasteiger partial charge in [-0.15, -0.1) is 29.6 Å². The maximum absolute atomic E-state index is 4.69. The zero-order valence-electron chi connectivity index (χ0n) is 11.9. The van der Waals surface area contributed by atoms with Gasteiger partial charge in [-0.25, -0.2) is 5.70 Å². The second-order valence-corrected chi connectivity index (χ2v) is 4.96. The Labute approximate surface area is 141 Å². The Hall–Kier alpha value is -1.48. The van der Waals surface area contributed by atoms with E-state index in [9.17, 15) is 0 Å². The molecule has 1 aromatic rings. The summed E-state index contributed by atoms with van der Waals surface area (Å²) in [7, 11) is 0. The second-order valence-electron chi connectivity index (χ2n) is 4.08. The average molecular weight is 335 g/mol. The number of allylic oxidation sites excluding steroid dienone is 7. The molecule has 1 aromatic heterocycles. The van der Waals surface area contributed by atoms with Crippen molar-refractivity contribution in [1.29, 1.82) is 0 Å². The Morgan fingerprint density at radius 2 is 2.10 bits per heavy atom. The Kier molecular flexibility index (Phi) is 6.76. The smallest absolute Gasteiger partial charge is 0.700 e. The Balaban J connectivity index is 0.00000110. The third kappa shape index (κ3) is 4.01. The van der Waals surface area contributed by atoms with Crippen molar-refractivity contribution in [1.82, 2.24) is 4.98 Å². The normalized spacial score (nSPS) is 19.1. The minimum atomic E-state index is 0. The Bertz CT molecular complexity index is 626. The number of thioether (sulfide) groups is 1. The van der Waals surface area contributed by atoms with Crippen LogP contribution in [0, 0.1) is 13.5 Å². The Morgan fingerprint density at radius 1 is 1.24 bits per heavy atom. The summed E-state index contributed by atoms with van der Waals surface area (Å²) in [5.74, 6) is 0. The van der Waals surface area contributed by atoms with Gasteiger partial charge in [-0.2, -0.15) is 23.8 Å². The zero-order chi connectivity index (χ0) is 13.1. The van der Waals surface area contributed by atoms with Crippen molar-refractivity contribution < 1.29 is 17.1 Å². The van der Waals surface area contributed by atoms with Crippen LogP contribution >= 0.6 is 11.8 Å². The van der Waals surface area contributed by atoms with Crippen molar-refractivity contribution in [3.05, 3.63) is 95.5 Å². The van der Waals surface area contributed by atoms with Crippen LogP contribution in [0.25, 0.3) is 11.0 Å². The molecule has 1 aliphatic heterocycles. The van der Waals surface area contributed by atoms with E-state index in [0.29, 0.717) is 0 Å². The van der Waals surface area contributed by atoms with E-state index in [1.54, 1.807) is 18.0 Å². The van der Waals surface area contributed by atoms with E-state index in [4.69, 9.17) is 0 Å². The van der Waals surface area contributed by atoms with Crippen LogP contribution in [0.2, 0.25) is 0 Å². The van der Waals surface area contributed by atoms with Crippen molar-refractivity contribution in [2.45, 2.75) is 0 Å². The fourth-order valence-corrected chi connectivity index (χ4v) is 2.36. The summed E-state index contributed by atoms with van der Waals surface area (Å²) in [6.07, 6.45) is 17.1. The molecule has 1 aliphatic carbocycles. The number of nitrogens with zero attached hydrogens (tertiary/aromatic N) is 2. The van der Waals surface area contributed by atoms with E-state index in [-0.39, 0.29) is 24.5 Å². The topological polar surface area (TPSA) is 27.0 Å². The van der Waals surface area contributed by atoms with Gasteiger partial charge in [-0.05, 0) is 23.3 Å². The molecular weight excluding hydrogens is 320 g/mol. The summed E-state index contributed by atoms with van der Waals surface area (Å²) in [6, 6.07) is 5.86. The third-order valence-electron chi connectivity index (χ3n) is 2.84. The molecule has 0 aromatic carbocycles. The molecular formula is C17H15FeN2S. The number of pyridine rings is 1. The number of rotatable bonds is 2. The first-order valence-electron chi connectivity index (χ1n) is 5.98. The number of aromatic nitrogens is 1. The van der Waals surface area contributed by atoms with Gasteiger partial charge in [0.1, 0.15) is 0 Å². The van der Waals surface area contributed by atoms with Crippen LogP contribution in [-0.2, 0) is 17.1 Å². The molecule has 0 fully saturated rings. The molecule has 21 heavy (non-hydrogen) atoms. The molecule has 0 spiro atoms. The maximum atomic E-state index is 4.69. The van der Waals surface area contributed by atoms with E-state index >= 15 is 0 Å². The van der Waals surface area contributed by atoms with E-state index < -0.39 is 0 Å². The molecule has 1 radical (unpaired) electrons. The van der Waals surface area contributed by atoms with Crippen molar-refractivity contribution in [2.75, 3.05) is 6.26 Å². The first-order valence-corrected chi connectivity index (χ1v) is 7.20. The third-order valence-corrected chi connectivity index (χ3v) is 3.54. The van der Waals surface area contributed by atoms with Crippen LogP contribution in [0.3, 0.4) is 0 Å². The first-order chi connectivity index (χ1) is 9.36. The molecule has 4 heteroatoms. The van der Waals surface area contributed by atoms with Gasteiger partial charge in [0.05, 0.1) is 0 Å². The summed E-state index contributed by atoms with van der Waals surface area (Å²) < 4.78 is 0. The van der Waals surface area contributed by atoms with Gasteiger partial charge < -0.3 is 12.7 Å². The molecule has 0 bridgehead atoms. The minimum Gasteiger partial charge on any atom is -0.700 e. The van der Waals surface area contributed by atoms with Crippen LogP contribution in [0.1, 0.15) is 5.69 Å². The van der Waals surface area contributed by atoms with Crippen LogP contribution in [0.4, 0.5) is 0 Å². The molecule has 0 saturated heterocycles. The first kappa shape index (κ1) is 17.6. The molecule has 0 atom stereocenters. The molecule has 0 N–H and O–H groups in total. The van der Waals surface area contributed by atoms with Gasteiger partial charge in [-0.3, -0.25) is 4.98 Å². The molecule has 0 unspecified atom stereocenters. The van der Waals surface area contributed by atoms with Gasteiger partial charge in [0, 0.05) is 11.9 Å². The molecule has 2 aliphatic rings. The summed E-state index contributed by atoms with van der Waals surface area (Å²) in [5, 5.41) is 4.69. The summed E-state index contributed by atoms with van der Waals surface area (Å²) in [4.78, 5) is 5.55. The van der Waals surface area contributed by atoms with Crippen LogP contribution in [-0.4, -0.2) is 11.2 Å². The van der Waals surface area contributed by atoms with Gasteiger partial charge >= 0.3 is 17.1 Å². The fourth-order valence-electron chi connectivity index (χ4n) is 1.90.